The molecule has 0 spiro atoms. The van der Waals surface area contributed by atoms with E-state index in [0.717, 1.165) is 24.5 Å². The van der Waals surface area contributed by atoms with Crippen LogP contribution in [-0.4, -0.2) is 54.7 Å². The number of halogens is 4. The van der Waals surface area contributed by atoms with Gasteiger partial charge in [-0.15, -0.1) is 24.8 Å². The van der Waals surface area contributed by atoms with Crippen LogP contribution in [0.2, 0.25) is 0 Å². The van der Waals surface area contributed by atoms with E-state index in [0.29, 0.717) is 0 Å². The maximum absolute atomic E-state index is 13.1. The van der Waals surface area contributed by atoms with Crippen LogP contribution >= 0.6 is 24.8 Å². The number of morpholine rings is 1. The number of amides is 1. The Hall–Kier alpha value is -1.22. The Morgan fingerprint density at radius 3 is 2.52 bits per heavy atom. The minimum atomic E-state index is -2.81. The lowest BCUT2D eigenvalue weighted by atomic mass is 10.2. The number of alkyl halides is 2. The molecule has 6 nitrogen and oxygen atoms in total. The standard InChI is InChI=1S/C17H24F2N4O2.2ClH/c1-11-8-23(9-12(2)25-11)15-4-3-13(6-20-15)7-21-16(24)14-5-17(18,19)10-22-14;;/h3-4,6,11-12,14,22H,5,7-10H2,1-2H3,(H,21,24);2*1H. The number of ether oxygens (including phenoxy) is 1. The molecule has 0 bridgehead atoms. The van der Waals surface area contributed by atoms with Crippen LogP contribution in [0.1, 0.15) is 25.8 Å². The Balaban J connectivity index is 0.00000182. The molecule has 2 aliphatic rings. The second-order valence-electron chi connectivity index (χ2n) is 6.90. The molecule has 2 aliphatic heterocycles. The quantitative estimate of drug-likeness (QED) is 0.771. The van der Waals surface area contributed by atoms with E-state index in [4.69, 9.17) is 4.74 Å². The molecule has 154 valence electrons. The first-order valence-electron chi connectivity index (χ1n) is 8.57. The van der Waals surface area contributed by atoms with Gasteiger partial charge in [-0.1, -0.05) is 6.07 Å². The van der Waals surface area contributed by atoms with Gasteiger partial charge in [0.25, 0.3) is 5.92 Å². The van der Waals surface area contributed by atoms with E-state index in [2.05, 4.69) is 20.5 Å². The number of nitrogens with one attached hydrogen (secondary N) is 2. The molecule has 10 heteroatoms. The highest BCUT2D eigenvalue weighted by molar-refractivity contribution is 5.85. The van der Waals surface area contributed by atoms with Crippen LogP contribution in [0.5, 0.6) is 0 Å². The van der Waals surface area contributed by atoms with Crippen LogP contribution in [0.3, 0.4) is 0 Å². The van der Waals surface area contributed by atoms with Crippen LogP contribution in [0.15, 0.2) is 18.3 Å². The summed E-state index contributed by atoms with van der Waals surface area (Å²) in [5.74, 6) is -2.34. The summed E-state index contributed by atoms with van der Waals surface area (Å²) in [5, 5.41) is 5.23. The smallest absolute Gasteiger partial charge is 0.262 e. The van der Waals surface area contributed by atoms with Crippen molar-refractivity contribution < 1.29 is 18.3 Å². The number of anilines is 1. The van der Waals surface area contributed by atoms with E-state index in [1.54, 1.807) is 6.20 Å². The zero-order valence-corrected chi connectivity index (χ0v) is 16.9. The number of pyridine rings is 1. The van der Waals surface area contributed by atoms with E-state index >= 15 is 0 Å². The molecule has 1 aromatic rings. The highest BCUT2D eigenvalue weighted by Gasteiger charge is 2.42. The highest BCUT2D eigenvalue weighted by Crippen LogP contribution is 2.25. The van der Waals surface area contributed by atoms with Crippen LogP contribution in [0, 0.1) is 0 Å². The summed E-state index contributed by atoms with van der Waals surface area (Å²) in [4.78, 5) is 18.6. The van der Waals surface area contributed by atoms with Gasteiger partial charge in [0.15, 0.2) is 0 Å². The molecule has 3 rings (SSSR count). The molecule has 0 radical (unpaired) electrons. The van der Waals surface area contributed by atoms with Crippen molar-refractivity contribution in [3.63, 3.8) is 0 Å². The summed E-state index contributed by atoms with van der Waals surface area (Å²) in [6.07, 6.45) is 1.56. The minimum Gasteiger partial charge on any atom is -0.372 e. The molecule has 27 heavy (non-hydrogen) atoms. The Morgan fingerprint density at radius 1 is 1.33 bits per heavy atom. The van der Waals surface area contributed by atoms with Gasteiger partial charge in [0.2, 0.25) is 5.91 Å². The fraction of sp³-hybridized carbons (Fsp3) is 0.647. The Bertz CT molecular complexity index is 611. The Labute approximate surface area is 170 Å². The molecule has 3 heterocycles. The molecule has 2 N–H and O–H groups in total. The Morgan fingerprint density at radius 2 is 2.00 bits per heavy atom. The van der Waals surface area contributed by atoms with Crippen LogP contribution < -0.4 is 15.5 Å². The van der Waals surface area contributed by atoms with E-state index in [-0.39, 0.29) is 43.6 Å². The largest absolute Gasteiger partial charge is 0.372 e. The van der Waals surface area contributed by atoms with Gasteiger partial charge in [0, 0.05) is 32.3 Å². The fourth-order valence-electron chi connectivity index (χ4n) is 3.29. The summed E-state index contributed by atoms with van der Waals surface area (Å²) in [7, 11) is 0. The van der Waals surface area contributed by atoms with E-state index in [1.807, 2.05) is 26.0 Å². The average Bonchev–Trinajstić information content (AvgIpc) is 2.92. The molecule has 3 atom stereocenters. The van der Waals surface area contributed by atoms with Gasteiger partial charge in [-0.3, -0.25) is 10.1 Å². The second-order valence-corrected chi connectivity index (χ2v) is 6.90. The van der Waals surface area contributed by atoms with Crippen molar-refractivity contribution in [1.82, 2.24) is 15.6 Å². The SMILES string of the molecule is CC1CN(c2ccc(CNC(=O)C3CC(F)(F)CN3)cn2)CC(C)O1.Cl.Cl. The van der Waals surface area contributed by atoms with E-state index < -0.39 is 30.8 Å². The molecule has 2 fully saturated rings. The third-order valence-corrected chi connectivity index (χ3v) is 4.45. The summed E-state index contributed by atoms with van der Waals surface area (Å²) in [6, 6.07) is 2.97. The molecular formula is C17H26Cl2F2N4O2. The van der Waals surface area contributed by atoms with E-state index in [1.165, 1.54) is 0 Å². The molecule has 1 amide bonds. The maximum Gasteiger partial charge on any atom is 0.262 e. The monoisotopic (exact) mass is 426 g/mol. The number of rotatable bonds is 4. The molecule has 0 aromatic carbocycles. The van der Waals surface area contributed by atoms with Gasteiger partial charge in [-0.25, -0.2) is 13.8 Å². The fourth-order valence-corrected chi connectivity index (χ4v) is 3.29. The normalized spacial score (nSPS) is 26.7. The van der Waals surface area contributed by atoms with Gasteiger partial charge >= 0.3 is 0 Å². The van der Waals surface area contributed by atoms with Crippen molar-refractivity contribution in [2.24, 2.45) is 0 Å². The molecule has 3 unspecified atom stereocenters. The third-order valence-electron chi connectivity index (χ3n) is 4.45. The summed E-state index contributed by atoms with van der Waals surface area (Å²) < 4.78 is 32.0. The zero-order chi connectivity index (χ0) is 18.0. The lowest BCUT2D eigenvalue weighted by molar-refractivity contribution is -0.123. The lowest BCUT2D eigenvalue weighted by Crippen LogP contribution is -2.45. The van der Waals surface area contributed by atoms with Crippen LogP contribution in [0.4, 0.5) is 14.6 Å². The summed E-state index contributed by atoms with van der Waals surface area (Å²) in [5.41, 5.74) is 0.830. The number of nitrogens with zero attached hydrogens (tertiary/aromatic N) is 2. The third kappa shape index (κ3) is 6.41. The van der Waals surface area contributed by atoms with Gasteiger partial charge in [0.05, 0.1) is 24.8 Å². The van der Waals surface area contributed by atoms with Gasteiger partial charge in [0.1, 0.15) is 5.82 Å². The topological polar surface area (TPSA) is 66.5 Å². The number of aromatic nitrogens is 1. The van der Waals surface area contributed by atoms with Crippen molar-refractivity contribution >= 4 is 36.5 Å². The van der Waals surface area contributed by atoms with Crippen LogP contribution in [-0.2, 0) is 16.1 Å². The number of carbonyl (C=O) groups excluding carboxylic acids is 1. The highest BCUT2D eigenvalue weighted by atomic mass is 35.5. The molecule has 1 aromatic heterocycles. The molecule has 0 saturated carbocycles. The van der Waals surface area contributed by atoms with E-state index in [9.17, 15) is 13.6 Å². The van der Waals surface area contributed by atoms with Gasteiger partial charge in [-0.2, -0.15) is 0 Å². The number of carbonyl (C=O) groups is 1. The average molecular weight is 427 g/mol. The summed E-state index contributed by atoms with van der Waals surface area (Å²) in [6.45, 7) is 5.47. The first kappa shape index (κ1) is 23.8. The van der Waals surface area contributed by atoms with Gasteiger partial charge < -0.3 is 15.0 Å². The minimum absolute atomic E-state index is 0. The first-order valence-corrected chi connectivity index (χ1v) is 8.57. The van der Waals surface area contributed by atoms with Crippen molar-refractivity contribution in [1.29, 1.82) is 0 Å². The summed E-state index contributed by atoms with van der Waals surface area (Å²) >= 11 is 0. The van der Waals surface area contributed by atoms with Crippen LogP contribution in [0.25, 0.3) is 0 Å². The second kappa shape index (κ2) is 9.82. The zero-order valence-electron chi connectivity index (χ0n) is 15.3. The predicted octanol–water partition coefficient (Wildman–Crippen LogP) is 2.15. The van der Waals surface area contributed by atoms with Gasteiger partial charge in [-0.05, 0) is 25.5 Å². The number of hydrogen-bond acceptors (Lipinski definition) is 5. The maximum atomic E-state index is 13.1. The van der Waals surface area contributed by atoms with Crippen molar-refractivity contribution in [2.75, 3.05) is 24.5 Å². The van der Waals surface area contributed by atoms with Crippen molar-refractivity contribution in [3.05, 3.63) is 23.9 Å². The van der Waals surface area contributed by atoms with Crippen molar-refractivity contribution in [3.8, 4) is 0 Å². The van der Waals surface area contributed by atoms with Crippen molar-refractivity contribution in [2.45, 2.75) is 51.0 Å². The molecule has 2 saturated heterocycles. The predicted molar refractivity (Wildman–Crippen MR) is 104 cm³/mol. The lowest BCUT2D eigenvalue weighted by Gasteiger charge is -2.36. The first-order chi connectivity index (χ1) is 11.8. The molecular weight excluding hydrogens is 401 g/mol. The number of hydrogen-bond donors (Lipinski definition) is 2. The molecule has 0 aliphatic carbocycles. The Kier molecular flexibility index (Phi) is 8.66.